The van der Waals surface area contributed by atoms with Crippen LogP contribution in [0.1, 0.15) is 82.4 Å². The molecular weight excluding hydrogens is 312 g/mol. The Morgan fingerprint density at radius 1 is 1.20 bits per heavy atom. The molecule has 25 heavy (non-hydrogen) atoms. The highest BCUT2D eigenvalue weighted by Gasteiger charge is 2.52. The molecule has 1 aromatic heterocycles. The molecule has 0 radical (unpaired) electrons. The van der Waals surface area contributed by atoms with E-state index in [9.17, 15) is 4.79 Å². The lowest BCUT2D eigenvalue weighted by molar-refractivity contribution is -0.0128. The van der Waals surface area contributed by atoms with Crippen molar-refractivity contribution in [3.05, 3.63) is 17.5 Å². The van der Waals surface area contributed by atoms with Gasteiger partial charge in [0.15, 0.2) is 5.69 Å². The summed E-state index contributed by atoms with van der Waals surface area (Å²) in [6.45, 7) is 8.39. The van der Waals surface area contributed by atoms with E-state index in [0.29, 0.717) is 5.69 Å². The molecule has 0 unspecified atom stereocenters. The molecule has 136 valence electrons. The first-order chi connectivity index (χ1) is 11.7. The molecular formula is C20H30N4O. The number of nitrogens with one attached hydrogen (secondary N) is 2. The normalized spacial score (nSPS) is 34.4. The molecule has 0 saturated heterocycles. The van der Waals surface area contributed by atoms with Crippen LogP contribution in [0.4, 0.5) is 0 Å². The molecule has 1 amide bonds. The van der Waals surface area contributed by atoms with Crippen LogP contribution in [0, 0.1) is 23.2 Å². The molecule has 1 aromatic rings. The van der Waals surface area contributed by atoms with Crippen LogP contribution in [0.25, 0.3) is 0 Å². The van der Waals surface area contributed by atoms with Crippen molar-refractivity contribution in [2.45, 2.75) is 71.6 Å². The van der Waals surface area contributed by atoms with Crippen LogP contribution in [-0.2, 0) is 5.41 Å². The van der Waals surface area contributed by atoms with Crippen molar-refractivity contribution in [1.82, 2.24) is 15.6 Å². The van der Waals surface area contributed by atoms with Gasteiger partial charge in [-0.3, -0.25) is 9.89 Å². The fourth-order valence-electron chi connectivity index (χ4n) is 5.69. The molecule has 4 saturated carbocycles. The molecule has 4 aliphatic carbocycles. The topological polar surface area (TPSA) is 70.1 Å². The van der Waals surface area contributed by atoms with Crippen molar-refractivity contribution in [2.24, 2.45) is 28.3 Å². The zero-order valence-electron chi connectivity index (χ0n) is 15.9. The number of hydrogen-bond donors (Lipinski definition) is 2. The van der Waals surface area contributed by atoms with Gasteiger partial charge in [0.05, 0.1) is 0 Å². The number of carbonyl (C=O) groups is 1. The molecule has 0 spiro atoms. The van der Waals surface area contributed by atoms with Crippen LogP contribution < -0.4 is 5.43 Å². The van der Waals surface area contributed by atoms with E-state index in [1.807, 2.05) is 6.07 Å². The zero-order valence-corrected chi connectivity index (χ0v) is 15.9. The van der Waals surface area contributed by atoms with Crippen molar-refractivity contribution in [1.29, 1.82) is 0 Å². The molecule has 1 heterocycles. The van der Waals surface area contributed by atoms with Crippen molar-refractivity contribution >= 4 is 11.6 Å². The molecule has 4 aliphatic rings. The van der Waals surface area contributed by atoms with Gasteiger partial charge < -0.3 is 0 Å². The molecule has 4 bridgehead atoms. The Morgan fingerprint density at radius 2 is 1.76 bits per heavy atom. The van der Waals surface area contributed by atoms with Gasteiger partial charge in [-0.25, -0.2) is 5.43 Å². The van der Waals surface area contributed by atoms with Gasteiger partial charge in [0.2, 0.25) is 0 Å². The minimum absolute atomic E-state index is 0.0517. The quantitative estimate of drug-likeness (QED) is 0.643. The summed E-state index contributed by atoms with van der Waals surface area (Å²) in [5.74, 6) is 2.42. The zero-order chi connectivity index (χ0) is 17.8. The third-order valence-corrected chi connectivity index (χ3v) is 6.75. The first kappa shape index (κ1) is 16.8. The fraction of sp³-hybridized carbons (Fsp3) is 0.750. The first-order valence-corrected chi connectivity index (χ1v) is 9.66. The second-order valence-corrected chi connectivity index (χ2v) is 9.75. The number of nitrogens with zero attached hydrogens (tertiary/aromatic N) is 2. The van der Waals surface area contributed by atoms with Gasteiger partial charge in [0, 0.05) is 22.2 Å². The summed E-state index contributed by atoms with van der Waals surface area (Å²) in [5.41, 5.74) is 5.43. The van der Waals surface area contributed by atoms with Crippen molar-refractivity contribution in [3.8, 4) is 0 Å². The van der Waals surface area contributed by atoms with E-state index < -0.39 is 0 Å². The summed E-state index contributed by atoms with van der Waals surface area (Å²) in [4.78, 5) is 12.4. The standard InChI is InChI=1S/C20H30N4O/c1-12(20-9-13-5-14(10-20)7-15(6-13)11-20)21-24-18(25)16-8-17(23-22-16)19(2,3)4/h8,13-15H,5-7,9-11H2,1-4H3,(H,22,23)(H,24,25)/b21-12-. The van der Waals surface area contributed by atoms with E-state index in [2.05, 4.69) is 48.4 Å². The molecule has 5 rings (SSSR count). The first-order valence-electron chi connectivity index (χ1n) is 9.66. The maximum atomic E-state index is 12.4. The van der Waals surface area contributed by atoms with E-state index in [0.717, 1.165) is 29.2 Å². The second-order valence-electron chi connectivity index (χ2n) is 9.75. The lowest BCUT2D eigenvalue weighted by atomic mass is 9.48. The van der Waals surface area contributed by atoms with Gasteiger partial charge in [0.1, 0.15) is 0 Å². The lowest BCUT2D eigenvalue weighted by Gasteiger charge is -2.56. The summed E-state index contributed by atoms with van der Waals surface area (Å²) in [7, 11) is 0. The van der Waals surface area contributed by atoms with Gasteiger partial charge in [-0.05, 0) is 69.3 Å². The smallest absolute Gasteiger partial charge is 0.281 e. The van der Waals surface area contributed by atoms with Gasteiger partial charge in [-0.2, -0.15) is 10.2 Å². The Bertz CT molecular complexity index is 674. The largest absolute Gasteiger partial charge is 0.291 e. The number of aromatic amines is 1. The monoisotopic (exact) mass is 342 g/mol. The fourth-order valence-corrected chi connectivity index (χ4v) is 5.69. The summed E-state index contributed by atoms with van der Waals surface area (Å²) in [5, 5.41) is 11.6. The SMILES string of the molecule is C/C(=N/NC(=O)c1cc(C(C)(C)C)[nH]n1)C12CC3CC(CC(C3)C1)C2. The number of carbonyl (C=O) groups excluding carboxylic acids is 1. The molecule has 0 atom stereocenters. The number of rotatable bonds is 3. The van der Waals surface area contributed by atoms with Crippen LogP contribution in [0.15, 0.2) is 11.2 Å². The predicted molar refractivity (Wildman–Crippen MR) is 98.5 cm³/mol. The third kappa shape index (κ3) is 3.02. The highest BCUT2D eigenvalue weighted by atomic mass is 16.2. The third-order valence-electron chi connectivity index (χ3n) is 6.75. The number of hydrogen-bond acceptors (Lipinski definition) is 3. The number of aromatic nitrogens is 2. The van der Waals surface area contributed by atoms with Crippen molar-refractivity contribution in [2.75, 3.05) is 0 Å². The maximum Gasteiger partial charge on any atom is 0.291 e. The minimum atomic E-state index is -0.226. The molecule has 0 aliphatic heterocycles. The Kier molecular flexibility index (Phi) is 3.82. The van der Waals surface area contributed by atoms with Crippen LogP contribution in [0.5, 0.6) is 0 Å². The van der Waals surface area contributed by atoms with Crippen LogP contribution in [0.2, 0.25) is 0 Å². The molecule has 0 aromatic carbocycles. The number of H-pyrrole nitrogens is 1. The Labute approximate surface area is 150 Å². The highest BCUT2D eigenvalue weighted by Crippen LogP contribution is 2.60. The van der Waals surface area contributed by atoms with Crippen LogP contribution in [-0.4, -0.2) is 21.8 Å². The van der Waals surface area contributed by atoms with Gasteiger partial charge in [-0.15, -0.1) is 0 Å². The minimum Gasteiger partial charge on any atom is -0.281 e. The molecule has 5 heteroatoms. The summed E-state index contributed by atoms with van der Waals surface area (Å²) in [6, 6.07) is 1.82. The van der Waals surface area contributed by atoms with E-state index >= 15 is 0 Å². The molecule has 2 N–H and O–H groups in total. The lowest BCUT2D eigenvalue weighted by Crippen LogP contribution is -2.49. The number of hydrazone groups is 1. The van der Waals surface area contributed by atoms with E-state index in [1.54, 1.807) is 0 Å². The van der Waals surface area contributed by atoms with Gasteiger partial charge >= 0.3 is 0 Å². The van der Waals surface area contributed by atoms with Crippen molar-refractivity contribution < 1.29 is 4.79 Å². The summed E-state index contributed by atoms with van der Waals surface area (Å²) in [6.07, 6.45) is 8.05. The summed E-state index contributed by atoms with van der Waals surface area (Å²) < 4.78 is 0. The van der Waals surface area contributed by atoms with Crippen LogP contribution >= 0.6 is 0 Å². The number of amides is 1. The van der Waals surface area contributed by atoms with Gasteiger partial charge in [-0.1, -0.05) is 20.8 Å². The average molecular weight is 342 g/mol. The molecule has 5 nitrogen and oxygen atoms in total. The van der Waals surface area contributed by atoms with E-state index in [-0.39, 0.29) is 16.7 Å². The van der Waals surface area contributed by atoms with Crippen LogP contribution in [0.3, 0.4) is 0 Å². The van der Waals surface area contributed by atoms with Crippen molar-refractivity contribution in [3.63, 3.8) is 0 Å². The highest BCUT2D eigenvalue weighted by molar-refractivity contribution is 5.94. The second kappa shape index (κ2) is 5.68. The molecule has 4 fully saturated rings. The summed E-state index contributed by atoms with van der Waals surface area (Å²) >= 11 is 0. The van der Waals surface area contributed by atoms with E-state index in [4.69, 9.17) is 0 Å². The Hall–Kier alpha value is -1.65. The predicted octanol–water partition coefficient (Wildman–Crippen LogP) is 4.03. The Balaban J connectivity index is 1.46. The van der Waals surface area contributed by atoms with E-state index in [1.165, 1.54) is 38.5 Å². The Morgan fingerprint density at radius 3 is 2.24 bits per heavy atom. The average Bonchev–Trinajstić information content (AvgIpc) is 3.01. The van der Waals surface area contributed by atoms with Gasteiger partial charge in [0.25, 0.3) is 5.91 Å². The maximum absolute atomic E-state index is 12.4.